The van der Waals surface area contributed by atoms with Gasteiger partial charge >= 0.3 is 0 Å². The number of rotatable bonds is 4. The standard InChI is InChI=1S/C19H18N2O3S/c22-18(21-19-20-14-4-1-2-5-17(14)25-19)9-7-13-6-8-15-16(12-13)24-11-3-10-23-15/h1-2,4-6,8,12H,3,7,9-11H2,(H,20,21,22). The third-order valence-electron chi connectivity index (χ3n) is 3.99. The smallest absolute Gasteiger partial charge is 0.226 e. The van der Waals surface area contributed by atoms with Crippen LogP contribution in [0, 0.1) is 0 Å². The van der Waals surface area contributed by atoms with Gasteiger partial charge in [0.1, 0.15) is 0 Å². The Kier molecular flexibility index (Phi) is 4.52. The normalized spacial score (nSPS) is 13.4. The molecule has 0 bridgehead atoms. The van der Waals surface area contributed by atoms with Crippen molar-refractivity contribution in [1.29, 1.82) is 0 Å². The van der Waals surface area contributed by atoms with Gasteiger partial charge in [0.05, 0.1) is 23.4 Å². The number of thiazole rings is 1. The van der Waals surface area contributed by atoms with Crippen molar-refractivity contribution in [1.82, 2.24) is 4.98 Å². The first-order chi connectivity index (χ1) is 12.3. The van der Waals surface area contributed by atoms with Gasteiger partial charge in [0.25, 0.3) is 0 Å². The van der Waals surface area contributed by atoms with E-state index in [0.717, 1.165) is 33.7 Å². The van der Waals surface area contributed by atoms with E-state index in [4.69, 9.17) is 9.47 Å². The van der Waals surface area contributed by atoms with Crippen molar-refractivity contribution in [2.24, 2.45) is 0 Å². The fourth-order valence-corrected chi connectivity index (χ4v) is 3.61. The number of hydrogen-bond donors (Lipinski definition) is 1. The van der Waals surface area contributed by atoms with Gasteiger partial charge in [-0.1, -0.05) is 29.5 Å². The van der Waals surface area contributed by atoms with Gasteiger partial charge < -0.3 is 14.8 Å². The molecule has 1 aliphatic rings. The van der Waals surface area contributed by atoms with E-state index in [1.807, 2.05) is 42.5 Å². The Morgan fingerprint density at radius 1 is 1.12 bits per heavy atom. The first-order valence-electron chi connectivity index (χ1n) is 8.32. The van der Waals surface area contributed by atoms with E-state index in [1.54, 1.807) is 0 Å². The second-order valence-corrected chi connectivity index (χ2v) is 6.90. The van der Waals surface area contributed by atoms with E-state index in [0.29, 0.717) is 31.2 Å². The lowest BCUT2D eigenvalue weighted by atomic mass is 10.1. The summed E-state index contributed by atoms with van der Waals surface area (Å²) >= 11 is 1.49. The first kappa shape index (κ1) is 15.9. The van der Waals surface area contributed by atoms with Gasteiger partial charge in [-0.3, -0.25) is 4.79 Å². The summed E-state index contributed by atoms with van der Waals surface area (Å²) in [5, 5.41) is 3.53. The summed E-state index contributed by atoms with van der Waals surface area (Å²) < 4.78 is 12.4. The highest BCUT2D eigenvalue weighted by atomic mass is 32.1. The van der Waals surface area contributed by atoms with Crippen molar-refractivity contribution in [3.8, 4) is 11.5 Å². The summed E-state index contributed by atoms with van der Waals surface area (Å²) in [6, 6.07) is 13.7. The first-order valence-corrected chi connectivity index (χ1v) is 9.13. The van der Waals surface area contributed by atoms with Crippen LogP contribution in [0.25, 0.3) is 10.2 Å². The number of ether oxygens (including phenoxy) is 2. The van der Waals surface area contributed by atoms with Crippen LogP contribution < -0.4 is 14.8 Å². The minimum Gasteiger partial charge on any atom is -0.490 e. The molecule has 0 spiro atoms. The Bertz CT molecular complexity index is 874. The molecule has 0 saturated carbocycles. The highest BCUT2D eigenvalue weighted by Crippen LogP contribution is 2.31. The van der Waals surface area contributed by atoms with Gasteiger partial charge in [-0.15, -0.1) is 0 Å². The molecule has 0 atom stereocenters. The maximum Gasteiger partial charge on any atom is 0.226 e. The molecule has 2 aromatic carbocycles. The molecule has 4 rings (SSSR count). The predicted octanol–water partition coefficient (Wildman–Crippen LogP) is 4.03. The zero-order valence-electron chi connectivity index (χ0n) is 13.7. The topological polar surface area (TPSA) is 60.5 Å². The number of carbonyl (C=O) groups excluding carboxylic acids is 1. The molecule has 25 heavy (non-hydrogen) atoms. The van der Waals surface area contributed by atoms with Crippen LogP contribution in [-0.2, 0) is 11.2 Å². The summed E-state index contributed by atoms with van der Waals surface area (Å²) in [5.41, 5.74) is 1.97. The van der Waals surface area contributed by atoms with Crippen LogP contribution >= 0.6 is 11.3 Å². The lowest BCUT2D eigenvalue weighted by Gasteiger charge is -2.09. The molecule has 6 heteroatoms. The quantitative estimate of drug-likeness (QED) is 0.768. The lowest BCUT2D eigenvalue weighted by molar-refractivity contribution is -0.116. The van der Waals surface area contributed by atoms with Gasteiger partial charge in [0, 0.05) is 12.8 Å². The second kappa shape index (κ2) is 7.11. The van der Waals surface area contributed by atoms with E-state index < -0.39 is 0 Å². The molecule has 0 saturated heterocycles. The number of para-hydroxylation sites is 1. The van der Waals surface area contributed by atoms with Crippen molar-refractivity contribution in [2.75, 3.05) is 18.5 Å². The summed E-state index contributed by atoms with van der Waals surface area (Å²) in [5.74, 6) is 1.51. The third-order valence-corrected chi connectivity index (χ3v) is 4.94. The average molecular weight is 354 g/mol. The molecule has 1 aromatic heterocycles. The van der Waals surface area contributed by atoms with Gasteiger partial charge in [0.2, 0.25) is 5.91 Å². The maximum atomic E-state index is 12.2. The number of carbonyl (C=O) groups is 1. The average Bonchev–Trinajstić information content (AvgIpc) is 2.88. The molecule has 1 N–H and O–H groups in total. The van der Waals surface area contributed by atoms with Crippen LogP contribution in [-0.4, -0.2) is 24.1 Å². The SMILES string of the molecule is O=C(CCc1ccc2c(c1)OCCCO2)Nc1nc2ccccc2s1. The molecule has 0 fully saturated rings. The van der Waals surface area contributed by atoms with Crippen LogP contribution in [0.4, 0.5) is 5.13 Å². The highest BCUT2D eigenvalue weighted by molar-refractivity contribution is 7.22. The van der Waals surface area contributed by atoms with Crippen LogP contribution in [0.5, 0.6) is 11.5 Å². The largest absolute Gasteiger partial charge is 0.490 e. The molecule has 0 aliphatic carbocycles. The zero-order chi connectivity index (χ0) is 17.1. The summed E-state index contributed by atoms with van der Waals surface area (Å²) in [6.07, 6.45) is 1.93. The zero-order valence-corrected chi connectivity index (χ0v) is 14.5. The number of anilines is 1. The number of aryl methyl sites for hydroxylation is 1. The monoisotopic (exact) mass is 354 g/mol. The molecule has 1 amide bonds. The highest BCUT2D eigenvalue weighted by Gasteiger charge is 2.12. The summed E-state index contributed by atoms with van der Waals surface area (Å²) in [6.45, 7) is 1.34. The minimum absolute atomic E-state index is 0.0360. The van der Waals surface area contributed by atoms with Crippen LogP contribution in [0.15, 0.2) is 42.5 Å². The fraction of sp³-hybridized carbons (Fsp3) is 0.263. The van der Waals surface area contributed by atoms with Crippen LogP contribution in [0.2, 0.25) is 0 Å². The minimum atomic E-state index is -0.0360. The van der Waals surface area contributed by atoms with Gasteiger partial charge in [0.15, 0.2) is 16.6 Å². The van der Waals surface area contributed by atoms with Crippen LogP contribution in [0.1, 0.15) is 18.4 Å². The van der Waals surface area contributed by atoms with E-state index in [1.165, 1.54) is 11.3 Å². The van der Waals surface area contributed by atoms with E-state index >= 15 is 0 Å². The van der Waals surface area contributed by atoms with Crippen molar-refractivity contribution in [3.05, 3.63) is 48.0 Å². The Morgan fingerprint density at radius 2 is 1.96 bits per heavy atom. The van der Waals surface area contributed by atoms with Gasteiger partial charge in [-0.05, 0) is 36.2 Å². The number of aromatic nitrogens is 1. The summed E-state index contributed by atoms with van der Waals surface area (Å²) in [7, 11) is 0. The van der Waals surface area contributed by atoms with E-state index in [2.05, 4.69) is 10.3 Å². The van der Waals surface area contributed by atoms with Crippen molar-refractivity contribution in [2.45, 2.75) is 19.3 Å². The number of fused-ring (bicyclic) bond motifs is 2. The third kappa shape index (κ3) is 3.74. The number of nitrogens with zero attached hydrogens (tertiary/aromatic N) is 1. The molecular weight excluding hydrogens is 336 g/mol. The number of amides is 1. The Labute approximate surface area is 149 Å². The predicted molar refractivity (Wildman–Crippen MR) is 98.6 cm³/mol. The number of nitrogens with one attached hydrogen (secondary N) is 1. The van der Waals surface area contributed by atoms with Gasteiger partial charge in [-0.2, -0.15) is 0 Å². The maximum absolute atomic E-state index is 12.2. The number of hydrogen-bond acceptors (Lipinski definition) is 5. The Balaban J connectivity index is 1.37. The van der Waals surface area contributed by atoms with E-state index in [-0.39, 0.29) is 5.91 Å². The molecule has 128 valence electrons. The Hall–Kier alpha value is -2.60. The van der Waals surface area contributed by atoms with Crippen molar-refractivity contribution in [3.63, 3.8) is 0 Å². The molecular formula is C19H18N2O3S. The van der Waals surface area contributed by atoms with Crippen LogP contribution in [0.3, 0.4) is 0 Å². The second-order valence-electron chi connectivity index (χ2n) is 5.87. The lowest BCUT2D eigenvalue weighted by Crippen LogP contribution is -2.12. The molecule has 0 unspecified atom stereocenters. The molecule has 1 aliphatic heterocycles. The Morgan fingerprint density at radius 3 is 2.84 bits per heavy atom. The number of benzene rings is 2. The molecule has 3 aromatic rings. The summed E-state index contributed by atoms with van der Waals surface area (Å²) in [4.78, 5) is 16.6. The molecule has 2 heterocycles. The van der Waals surface area contributed by atoms with Crippen molar-refractivity contribution < 1.29 is 14.3 Å². The van der Waals surface area contributed by atoms with Crippen molar-refractivity contribution >= 4 is 32.6 Å². The molecule has 0 radical (unpaired) electrons. The fourth-order valence-electron chi connectivity index (χ4n) is 2.73. The molecule has 5 nitrogen and oxygen atoms in total. The van der Waals surface area contributed by atoms with Gasteiger partial charge in [-0.25, -0.2) is 4.98 Å². The van der Waals surface area contributed by atoms with E-state index in [9.17, 15) is 4.79 Å².